The van der Waals surface area contributed by atoms with Crippen molar-refractivity contribution < 1.29 is 14.9 Å². The van der Waals surface area contributed by atoms with Gasteiger partial charge in [0.25, 0.3) is 5.95 Å². The maximum absolute atomic E-state index is 10.6. The number of ether oxygens (including phenoxy) is 1. The van der Waals surface area contributed by atoms with E-state index in [0.29, 0.717) is 11.2 Å². The first-order chi connectivity index (χ1) is 12.3. The zero-order valence-electron chi connectivity index (χ0n) is 14.0. The SMILES string of the molecule is CC#C[C@@]1(N)[C@@H](O)[C@@H]([C@H](C)O)O[C@H]1n1cnc2c(=S)nc(N=NN)[nH]c21. The highest BCUT2D eigenvalue weighted by Crippen LogP contribution is 2.39. The molecule has 1 fully saturated rings. The molecule has 26 heavy (non-hydrogen) atoms. The van der Waals surface area contributed by atoms with Crippen molar-refractivity contribution in [3.8, 4) is 11.8 Å². The highest BCUT2D eigenvalue weighted by molar-refractivity contribution is 7.71. The quantitative estimate of drug-likeness (QED) is 0.161. The molecule has 0 aromatic carbocycles. The van der Waals surface area contributed by atoms with Crippen molar-refractivity contribution in [3.05, 3.63) is 11.0 Å². The van der Waals surface area contributed by atoms with Crippen molar-refractivity contribution in [2.24, 2.45) is 21.9 Å². The molecule has 1 aliphatic rings. The van der Waals surface area contributed by atoms with Gasteiger partial charge in [-0.05, 0) is 13.8 Å². The lowest BCUT2D eigenvalue weighted by Crippen LogP contribution is -2.54. The van der Waals surface area contributed by atoms with Crippen molar-refractivity contribution in [1.82, 2.24) is 19.5 Å². The highest BCUT2D eigenvalue weighted by Gasteiger charge is 2.55. The average Bonchev–Trinajstić information content (AvgIpc) is 3.09. The molecule has 3 heterocycles. The summed E-state index contributed by atoms with van der Waals surface area (Å²) < 4.78 is 7.54. The first-order valence-corrected chi connectivity index (χ1v) is 8.06. The molecule has 2 aromatic rings. The second kappa shape index (κ2) is 6.71. The number of hydrogen-bond acceptors (Lipinski definition) is 9. The Bertz CT molecular complexity index is 974. The minimum atomic E-state index is -1.49. The molecule has 12 heteroatoms. The van der Waals surface area contributed by atoms with E-state index < -0.39 is 30.1 Å². The van der Waals surface area contributed by atoms with E-state index >= 15 is 0 Å². The summed E-state index contributed by atoms with van der Waals surface area (Å²) in [4.78, 5) is 11.1. The Morgan fingerprint density at radius 2 is 2.31 bits per heavy atom. The maximum Gasteiger partial charge on any atom is 0.251 e. The number of rotatable bonds is 3. The third-order valence-corrected chi connectivity index (χ3v) is 4.44. The number of imidazole rings is 1. The molecule has 0 radical (unpaired) electrons. The average molecular weight is 378 g/mol. The minimum absolute atomic E-state index is 0.0709. The summed E-state index contributed by atoms with van der Waals surface area (Å²) in [5.41, 5.74) is 5.66. The van der Waals surface area contributed by atoms with Crippen LogP contribution in [0.5, 0.6) is 0 Å². The lowest BCUT2D eigenvalue weighted by atomic mass is 9.90. The van der Waals surface area contributed by atoms with Crippen molar-refractivity contribution in [2.45, 2.75) is 43.9 Å². The number of nitrogens with two attached hydrogens (primary N) is 2. The topological polar surface area (TPSA) is 173 Å². The third-order valence-electron chi connectivity index (χ3n) is 4.15. The van der Waals surface area contributed by atoms with E-state index in [2.05, 4.69) is 37.1 Å². The van der Waals surface area contributed by atoms with E-state index in [-0.39, 0.29) is 10.6 Å². The number of aliphatic hydroxyl groups is 2. The molecule has 0 unspecified atom stereocenters. The highest BCUT2D eigenvalue weighted by atomic mass is 32.1. The van der Waals surface area contributed by atoms with Gasteiger partial charge in [0.2, 0.25) is 0 Å². The molecule has 5 atom stereocenters. The number of aromatic nitrogens is 4. The van der Waals surface area contributed by atoms with Crippen LogP contribution in [0.15, 0.2) is 16.7 Å². The Labute approximate surface area is 153 Å². The van der Waals surface area contributed by atoms with Gasteiger partial charge in [0.1, 0.15) is 23.4 Å². The summed E-state index contributed by atoms with van der Waals surface area (Å²) in [7, 11) is 0. The molecular weight excluding hydrogens is 360 g/mol. The lowest BCUT2D eigenvalue weighted by Gasteiger charge is -2.28. The van der Waals surface area contributed by atoms with Gasteiger partial charge in [-0.3, -0.25) is 4.57 Å². The first-order valence-electron chi connectivity index (χ1n) is 7.65. The molecule has 11 nitrogen and oxygen atoms in total. The molecule has 0 amide bonds. The van der Waals surface area contributed by atoms with Gasteiger partial charge in [-0.1, -0.05) is 28.5 Å². The van der Waals surface area contributed by atoms with Gasteiger partial charge in [-0.15, -0.1) is 5.92 Å². The molecule has 2 aromatic heterocycles. The number of H-pyrrole nitrogens is 1. The largest absolute Gasteiger partial charge is 0.391 e. The fourth-order valence-corrected chi connectivity index (χ4v) is 3.22. The monoisotopic (exact) mass is 378 g/mol. The number of nitrogens with one attached hydrogen (secondary N) is 1. The predicted molar refractivity (Wildman–Crippen MR) is 93.4 cm³/mol. The Balaban J connectivity index is 2.20. The van der Waals surface area contributed by atoms with Crippen LogP contribution in [0.2, 0.25) is 0 Å². The molecular formula is C14H18N8O3S. The molecule has 1 aliphatic heterocycles. The number of aliphatic hydroxyl groups excluding tert-OH is 2. The van der Waals surface area contributed by atoms with Gasteiger partial charge < -0.3 is 31.5 Å². The molecule has 7 N–H and O–H groups in total. The second-order valence-corrected chi connectivity index (χ2v) is 6.26. The Morgan fingerprint density at radius 3 is 2.92 bits per heavy atom. The van der Waals surface area contributed by atoms with Gasteiger partial charge in [0, 0.05) is 0 Å². The summed E-state index contributed by atoms with van der Waals surface area (Å²) in [5.74, 6) is 10.6. The molecule has 0 aliphatic carbocycles. The van der Waals surface area contributed by atoms with Crippen LogP contribution in [0.1, 0.15) is 20.1 Å². The number of aromatic amines is 1. The fraction of sp³-hybridized carbons (Fsp3) is 0.500. The molecule has 3 rings (SSSR count). The summed E-state index contributed by atoms with van der Waals surface area (Å²) in [6, 6.07) is 0. The third kappa shape index (κ3) is 2.75. The molecule has 138 valence electrons. The number of hydrogen-bond donors (Lipinski definition) is 5. The molecule has 0 bridgehead atoms. The van der Waals surface area contributed by atoms with Crippen LogP contribution in [-0.4, -0.2) is 53.6 Å². The van der Waals surface area contributed by atoms with Crippen LogP contribution in [0.4, 0.5) is 5.95 Å². The van der Waals surface area contributed by atoms with E-state index in [1.165, 1.54) is 17.8 Å². The van der Waals surface area contributed by atoms with Crippen molar-refractivity contribution in [2.75, 3.05) is 0 Å². The van der Waals surface area contributed by atoms with Crippen molar-refractivity contribution >= 4 is 29.3 Å². The van der Waals surface area contributed by atoms with Gasteiger partial charge in [-0.25, -0.2) is 4.98 Å². The summed E-state index contributed by atoms with van der Waals surface area (Å²) in [6.45, 7) is 3.09. The number of fused-ring (bicyclic) bond motifs is 1. The van der Waals surface area contributed by atoms with Crippen molar-refractivity contribution in [1.29, 1.82) is 0 Å². The summed E-state index contributed by atoms with van der Waals surface area (Å²) in [5, 5.41) is 27.3. The van der Waals surface area contributed by atoms with Crippen molar-refractivity contribution in [3.63, 3.8) is 0 Å². The Morgan fingerprint density at radius 1 is 1.58 bits per heavy atom. The van der Waals surface area contributed by atoms with Gasteiger partial charge in [-0.2, -0.15) is 4.98 Å². The van der Waals surface area contributed by atoms with Crippen LogP contribution < -0.4 is 11.6 Å². The van der Waals surface area contributed by atoms with E-state index in [0.717, 1.165) is 0 Å². The number of nitrogens with zero attached hydrogens (tertiary/aromatic N) is 5. The summed E-state index contributed by atoms with van der Waals surface area (Å²) in [6.07, 6.45) is -2.65. The van der Waals surface area contributed by atoms with Gasteiger partial charge >= 0.3 is 0 Å². The van der Waals surface area contributed by atoms with Crippen LogP contribution in [0.25, 0.3) is 11.2 Å². The Kier molecular flexibility index (Phi) is 4.74. The van der Waals surface area contributed by atoms with Crippen LogP contribution in [0.3, 0.4) is 0 Å². The van der Waals surface area contributed by atoms with E-state index in [4.69, 9.17) is 28.5 Å². The molecule has 0 saturated carbocycles. The normalized spacial score (nSPS) is 29.8. The van der Waals surface area contributed by atoms with Gasteiger partial charge in [0.15, 0.2) is 16.4 Å². The van der Waals surface area contributed by atoms with E-state index in [1.54, 1.807) is 6.92 Å². The molecule has 1 saturated heterocycles. The maximum atomic E-state index is 10.6. The zero-order chi connectivity index (χ0) is 19.1. The predicted octanol–water partition coefficient (Wildman–Crippen LogP) is -0.194. The van der Waals surface area contributed by atoms with Crippen LogP contribution >= 0.6 is 12.2 Å². The smallest absolute Gasteiger partial charge is 0.251 e. The van der Waals surface area contributed by atoms with Crippen LogP contribution in [0, 0.1) is 16.5 Å². The lowest BCUT2D eigenvalue weighted by molar-refractivity contribution is -0.0756. The standard InChI is InChI=1S/C14H18N8O3S/c1-3-4-14(15)9(24)8(6(2)23)25-12(14)22-5-17-7-10(22)18-13(20-21-16)19-11(7)26/h5-6,8-9,12,23-24H,15H2,1-2H3,(H3,16,18,19,20,26)/t6-,8+,9-,12+,14+/m0/s1. The fourth-order valence-electron chi connectivity index (χ4n) is 2.98. The Hall–Kier alpha value is -2.43. The first kappa shape index (κ1) is 18.4. The van der Waals surface area contributed by atoms with E-state index in [1.807, 2.05) is 0 Å². The summed E-state index contributed by atoms with van der Waals surface area (Å²) >= 11 is 5.20. The second-order valence-electron chi connectivity index (χ2n) is 5.88. The minimum Gasteiger partial charge on any atom is -0.391 e. The van der Waals surface area contributed by atoms with Gasteiger partial charge in [0.05, 0.1) is 12.4 Å². The zero-order valence-corrected chi connectivity index (χ0v) is 14.8. The van der Waals surface area contributed by atoms with Crippen LogP contribution in [-0.2, 0) is 4.74 Å². The molecule has 0 spiro atoms. The van der Waals surface area contributed by atoms with E-state index in [9.17, 15) is 10.2 Å².